The smallest absolute Gasteiger partial charge is 0.120 e. The first kappa shape index (κ1) is 10.1. The molecule has 2 aromatic heterocycles. The molecule has 1 N–H and O–H groups in total. The SMILES string of the molecule is CC(NCCc1ccco1)c1ccco1. The van der Waals surface area contributed by atoms with E-state index < -0.39 is 0 Å². The number of rotatable bonds is 5. The molecule has 0 aliphatic carbocycles. The largest absolute Gasteiger partial charge is 0.469 e. The van der Waals surface area contributed by atoms with Gasteiger partial charge in [-0.25, -0.2) is 0 Å². The fraction of sp³-hybridized carbons (Fsp3) is 0.333. The second kappa shape index (κ2) is 4.84. The molecule has 0 aliphatic rings. The van der Waals surface area contributed by atoms with E-state index in [1.807, 2.05) is 24.3 Å². The first-order valence-corrected chi connectivity index (χ1v) is 5.15. The topological polar surface area (TPSA) is 38.3 Å². The molecule has 3 heteroatoms. The van der Waals surface area contributed by atoms with Crippen LogP contribution < -0.4 is 5.32 Å². The molecule has 0 aromatic carbocycles. The normalized spacial score (nSPS) is 12.9. The fourth-order valence-corrected chi connectivity index (χ4v) is 1.50. The third kappa shape index (κ3) is 2.73. The molecule has 0 radical (unpaired) electrons. The van der Waals surface area contributed by atoms with Gasteiger partial charge < -0.3 is 14.2 Å². The lowest BCUT2D eigenvalue weighted by atomic mass is 10.2. The Labute approximate surface area is 89.1 Å². The van der Waals surface area contributed by atoms with Crippen molar-refractivity contribution >= 4 is 0 Å². The van der Waals surface area contributed by atoms with Gasteiger partial charge in [0.15, 0.2) is 0 Å². The van der Waals surface area contributed by atoms with Gasteiger partial charge in [-0.2, -0.15) is 0 Å². The lowest BCUT2D eigenvalue weighted by Gasteiger charge is -2.09. The van der Waals surface area contributed by atoms with E-state index in [4.69, 9.17) is 8.83 Å². The standard InChI is InChI=1S/C12H15NO2/c1-10(12-5-3-9-15-12)13-7-6-11-4-2-8-14-11/h2-5,8-10,13H,6-7H2,1H3. The Morgan fingerprint density at radius 2 is 2.00 bits per heavy atom. The van der Waals surface area contributed by atoms with Gasteiger partial charge >= 0.3 is 0 Å². The summed E-state index contributed by atoms with van der Waals surface area (Å²) in [5.41, 5.74) is 0. The molecule has 0 spiro atoms. The molecule has 15 heavy (non-hydrogen) atoms. The van der Waals surface area contributed by atoms with E-state index >= 15 is 0 Å². The van der Waals surface area contributed by atoms with Gasteiger partial charge in [0.05, 0.1) is 18.6 Å². The molecule has 1 unspecified atom stereocenters. The van der Waals surface area contributed by atoms with Crippen molar-refractivity contribution in [1.82, 2.24) is 5.32 Å². The van der Waals surface area contributed by atoms with E-state index in [0.29, 0.717) is 0 Å². The highest BCUT2D eigenvalue weighted by atomic mass is 16.3. The molecule has 0 aliphatic heterocycles. The molecule has 0 amide bonds. The summed E-state index contributed by atoms with van der Waals surface area (Å²) in [6.45, 7) is 2.97. The highest BCUT2D eigenvalue weighted by Crippen LogP contribution is 2.12. The minimum absolute atomic E-state index is 0.245. The lowest BCUT2D eigenvalue weighted by molar-refractivity contribution is 0.423. The molecule has 0 fully saturated rings. The average molecular weight is 205 g/mol. The highest BCUT2D eigenvalue weighted by Gasteiger charge is 2.06. The summed E-state index contributed by atoms with van der Waals surface area (Å²) < 4.78 is 10.5. The average Bonchev–Trinajstić information content (AvgIpc) is 2.90. The Balaban J connectivity index is 1.74. The van der Waals surface area contributed by atoms with E-state index in [-0.39, 0.29) is 6.04 Å². The number of hydrogen-bond donors (Lipinski definition) is 1. The van der Waals surface area contributed by atoms with Gasteiger partial charge in [-0.05, 0) is 31.2 Å². The van der Waals surface area contributed by atoms with Crippen molar-refractivity contribution in [2.75, 3.05) is 6.54 Å². The first-order valence-electron chi connectivity index (χ1n) is 5.15. The molecule has 80 valence electrons. The minimum Gasteiger partial charge on any atom is -0.469 e. The Morgan fingerprint density at radius 1 is 1.20 bits per heavy atom. The second-order valence-corrected chi connectivity index (χ2v) is 3.52. The molecule has 1 atom stereocenters. The first-order chi connectivity index (χ1) is 7.36. The molecular formula is C12H15NO2. The number of nitrogens with one attached hydrogen (secondary N) is 1. The Hall–Kier alpha value is -1.48. The minimum atomic E-state index is 0.245. The van der Waals surface area contributed by atoms with Crippen molar-refractivity contribution in [2.45, 2.75) is 19.4 Å². The van der Waals surface area contributed by atoms with Crippen LogP contribution in [-0.2, 0) is 6.42 Å². The summed E-state index contributed by atoms with van der Waals surface area (Å²) in [6, 6.07) is 8.02. The Bertz CT molecular complexity index is 364. The third-order valence-corrected chi connectivity index (χ3v) is 2.37. The summed E-state index contributed by atoms with van der Waals surface area (Å²) in [6.07, 6.45) is 4.30. The molecular weight excluding hydrogens is 190 g/mol. The zero-order valence-electron chi connectivity index (χ0n) is 8.77. The van der Waals surface area contributed by atoms with Gasteiger partial charge in [0, 0.05) is 13.0 Å². The van der Waals surface area contributed by atoms with Gasteiger partial charge in [0.1, 0.15) is 11.5 Å². The van der Waals surface area contributed by atoms with Crippen molar-refractivity contribution in [3.8, 4) is 0 Å². The van der Waals surface area contributed by atoms with Crippen molar-refractivity contribution < 1.29 is 8.83 Å². The van der Waals surface area contributed by atoms with E-state index in [0.717, 1.165) is 24.5 Å². The maximum absolute atomic E-state index is 5.30. The van der Waals surface area contributed by atoms with Crippen LogP contribution in [0, 0.1) is 0 Å². The molecule has 2 heterocycles. The zero-order chi connectivity index (χ0) is 10.5. The van der Waals surface area contributed by atoms with Gasteiger partial charge in [-0.3, -0.25) is 0 Å². The van der Waals surface area contributed by atoms with E-state index in [1.165, 1.54) is 0 Å². The van der Waals surface area contributed by atoms with Crippen LogP contribution in [0.1, 0.15) is 24.5 Å². The van der Waals surface area contributed by atoms with Crippen LogP contribution in [0.2, 0.25) is 0 Å². The van der Waals surface area contributed by atoms with Crippen LogP contribution in [0.25, 0.3) is 0 Å². The summed E-state index contributed by atoms with van der Waals surface area (Å²) in [5, 5.41) is 3.37. The molecule has 3 nitrogen and oxygen atoms in total. The van der Waals surface area contributed by atoms with E-state index in [2.05, 4.69) is 12.2 Å². The van der Waals surface area contributed by atoms with Crippen LogP contribution in [0.5, 0.6) is 0 Å². The zero-order valence-corrected chi connectivity index (χ0v) is 8.77. The monoisotopic (exact) mass is 205 g/mol. The van der Waals surface area contributed by atoms with Crippen molar-refractivity contribution in [3.63, 3.8) is 0 Å². The summed E-state index contributed by atoms with van der Waals surface area (Å²) >= 11 is 0. The molecule has 2 aromatic rings. The molecule has 0 bridgehead atoms. The van der Waals surface area contributed by atoms with Crippen molar-refractivity contribution in [2.24, 2.45) is 0 Å². The second-order valence-electron chi connectivity index (χ2n) is 3.52. The molecule has 0 saturated heterocycles. The summed E-state index contributed by atoms with van der Waals surface area (Å²) in [7, 11) is 0. The van der Waals surface area contributed by atoms with Gasteiger partial charge in [-0.15, -0.1) is 0 Å². The molecule has 0 saturated carbocycles. The van der Waals surface area contributed by atoms with Crippen LogP contribution in [0.3, 0.4) is 0 Å². The fourth-order valence-electron chi connectivity index (χ4n) is 1.50. The third-order valence-electron chi connectivity index (χ3n) is 2.37. The predicted molar refractivity (Wildman–Crippen MR) is 57.5 cm³/mol. The van der Waals surface area contributed by atoms with Gasteiger partial charge in [0.25, 0.3) is 0 Å². The van der Waals surface area contributed by atoms with Gasteiger partial charge in [-0.1, -0.05) is 0 Å². The maximum atomic E-state index is 5.30. The number of furan rings is 2. The summed E-state index contributed by atoms with van der Waals surface area (Å²) in [4.78, 5) is 0. The Kier molecular flexibility index (Phi) is 3.25. The van der Waals surface area contributed by atoms with Crippen LogP contribution in [0.15, 0.2) is 45.6 Å². The quantitative estimate of drug-likeness (QED) is 0.815. The lowest BCUT2D eigenvalue weighted by Crippen LogP contribution is -2.20. The summed E-state index contributed by atoms with van der Waals surface area (Å²) in [5.74, 6) is 1.98. The van der Waals surface area contributed by atoms with Crippen LogP contribution in [-0.4, -0.2) is 6.54 Å². The van der Waals surface area contributed by atoms with Crippen LogP contribution >= 0.6 is 0 Å². The van der Waals surface area contributed by atoms with Crippen molar-refractivity contribution in [1.29, 1.82) is 0 Å². The van der Waals surface area contributed by atoms with Crippen molar-refractivity contribution in [3.05, 3.63) is 48.3 Å². The predicted octanol–water partition coefficient (Wildman–Crippen LogP) is 2.77. The molecule has 2 rings (SSSR count). The van der Waals surface area contributed by atoms with E-state index in [1.54, 1.807) is 12.5 Å². The van der Waals surface area contributed by atoms with E-state index in [9.17, 15) is 0 Å². The Morgan fingerprint density at radius 3 is 2.67 bits per heavy atom. The maximum Gasteiger partial charge on any atom is 0.120 e. The number of hydrogen-bond acceptors (Lipinski definition) is 3. The highest BCUT2D eigenvalue weighted by molar-refractivity contribution is 5.03. The van der Waals surface area contributed by atoms with Crippen LogP contribution in [0.4, 0.5) is 0 Å². The van der Waals surface area contributed by atoms with Gasteiger partial charge in [0.2, 0.25) is 0 Å².